The summed E-state index contributed by atoms with van der Waals surface area (Å²) in [6, 6.07) is 3.67. The van der Waals surface area contributed by atoms with E-state index in [9.17, 15) is 4.79 Å². The van der Waals surface area contributed by atoms with Crippen molar-refractivity contribution in [3.8, 4) is 11.5 Å². The molecule has 1 aromatic carbocycles. The van der Waals surface area contributed by atoms with Gasteiger partial charge in [0.2, 0.25) is 0 Å². The van der Waals surface area contributed by atoms with Gasteiger partial charge in [-0.2, -0.15) is 0 Å². The van der Waals surface area contributed by atoms with Gasteiger partial charge >= 0.3 is 5.97 Å². The molecule has 0 amide bonds. The molecule has 20 heavy (non-hydrogen) atoms. The van der Waals surface area contributed by atoms with Gasteiger partial charge in [-0.3, -0.25) is 9.69 Å². The van der Waals surface area contributed by atoms with Crippen LogP contribution in [-0.2, 0) is 11.3 Å². The van der Waals surface area contributed by atoms with Crippen LogP contribution in [0, 0.1) is 0 Å². The maximum absolute atomic E-state index is 10.9. The van der Waals surface area contributed by atoms with Crippen LogP contribution in [0.1, 0.15) is 18.9 Å². The molecule has 0 unspecified atom stereocenters. The van der Waals surface area contributed by atoms with E-state index >= 15 is 0 Å². The third-order valence-electron chi connectivity index (χ3n) is 2.96. The lowest BCUT2D eigenvalue weighted by atomic mass is 10.1. The number of nitrogens with zero attached hydrogens (tertiary/aromatic N) is 1. The van der Waals surface area contributed by atoms with Gasteiger partial charge in [0, 0.05) is 6.54 Å². The Hall–Kier alpha value is -1.46. The minimum atomic E-state index is -0.831. The number of ether oxygens (including phenoxy) is 2. The molecule has 0 spiro atoms. The fourth-order valence-electron chi connectivity index (χ4n) is 2.24. The van der Waals surface area contributed by atoms with Gasteiger partial charge in [0.05, 0.1) is 11.6 Å². The van der Waals surface area contributed by atoms with E-state index in [-0.39, 0.29) is 6.54 Å². The van der Waals surface area contributed by atoms with E-state index in [4.69, 9.17) is 26.2 Å². The maximum Gasteiger partial charge on any atom is 0.317 e. The quantitative estimate of drug-likeness (QED) is 0.874. The monoisotopic (exact) mass is 299 g/mol. The molecule has 110 valence electrons. The first-order chi connectivity index (χ1) is 9.60. The van der Waals surface area contributed by atoms with E-state index in [0.717, 1.165) is 18.5 Å². The summed E-state index contributed by atoms with van der Waals surface area (Å²) in [6.45, 7) is 4.27. The fourth-order valence-corrected chi connectivity index (χ4v) is 2.52. The number of hydrogen-bond acceptors (Lipinski definition) is 4. The number of rotatable bonds is 6. The van der Waals surface area contributed by atoms with E-state index in [1.54, 1.807) is 6.07 Å². The van der Waals surface area contributed by atoms with Crippen LogP contribution in [-0.4, -0.2) is 42.3 Å². The second kappa shape index (κ2) is 6.81. The summed E-state index contributed by atoms with van der Waals surface area (Å²) < 4.78 is 11.0. The number of benzene rings is 1. The summed E-state index contributed by atoms with van der Waals surface area (Å²) in [6.07, 6.45) is 0.894. The second-order valence-corrected chi connectivity index (χ2v) is 5.11. The molecule has 0 radical (unpaired) electrons. The first-order valence-corrected chi connectivity index (χ1v) is 7.00. The molecule has 1 aliphatic rings. The summed E-state index contributed by atoms with van der Waals surface area (Å²) in [5, 5.41) is 9.43. The van der Waals surface area contributed by atoms with Crippen LogP contribution in [0.5, 0.6) is 11.5 Å². The SMILES string of the molecule is CCCN(CC(=O)O)Cc1cc(Cl)c2c(c1)OCCO2. The lowest BCUT2D eigenvalue weighted by molar-refractivity contribution is -0.138. The van der Waals surface area contributed by atoms with Crippen LogP contribution >= 0.6 is 11.6 Å². The van der Waals surface area contributed by atoms with Gasteiger partial charge in [-0.25, -0.2) is 0 Å². The molecule has 6 heteroatoms. The molecule has 0 aliphatic carbocycles. The zero-order chi connectivity index (χ0) is 14.5. The van der Waals surface area contributed by atoms with E-state index < -0.39 is 5.97 Å². The Morgan fingerprint density at radius 3 is 2.85 bits per heavy atom. The molecule has 1 aromatic rings. The molecule has 0 saturated heterocycles. The minimum Gasteiger partial charge on any atom is -0.486 e. The van der Waals surface area contributed by atoms with E-state index in [0.29, 0.717) is 36.3 Å². The van der Waals surface area contributed by atoms with Crippen molar-refractivity contribution >= 4 is 17.6 Å². The standard InChI is InChI=1S/C14H18ClNO4/c1-2-3-16(9-13(17)18)8-10-6-11(15)14-12(7-10)19-4-5-20-14/h6-7H,2-5,8-9H2,1H3,(H,17,18). The highest BCUT2D eigenvalue weighted by Crippen LogP contribution is 2.38. The Bertz CT molecular complexity index is 492. The van der Waals surface area contributed by atoms with Crippen molar-refractivity contribution in [1.29, 1.82) is 0 Å². The van der Waals surface area contributed by atoms with E-state index in [2.05, 4.69) is 0 Å². The number of hydrogen-bond donors (Lipinski definition) is 1. The van der Waals surface area contributed by atoms with E-state index in [1.807, 2.05) is 17.9 Å². The topological polar surface area (TPSA) is 59.0 Å². The van der Waals surface area contributed by atoms with Gasteiger partial charge in [0.25, 0.3) is 0 Å². The van der Waals surface area contributed by atoms with Gasteiger partial charge in [0.1, 0.15) is 13.2 Å². The Kier molecular flexibility index (Phi) is 5.09. The van der Waals surface area contributed by atoms with Gasteiger partial charge < -0.3 is 14.6 Å². The smallest absolute Gasteiger partial charge is 0.317 e. The van der Waals surface area contributed by atoms with Gasteiger partial charge in [-0.1, -0.05) is 18.5 Å². The molecule has 0 fully saturated rings. The van der Waals surface area contributed by atoms with E-state index in [1.165, 1.54) is 0 Å². The average molecular weight is 300 g/mol. The average Bonchev–Trinajstić information content (AvgIpc) is 2.38. The zero-order valence-electron chi connectivity index (χ0n) is 11.4. The molecule has 0 saturated carbocycles. The van der Waals surface area contributed by atoms with Gasteiger partial charge in [0.15, 0.2) is 11.5 Å². The third kappa shape index (κ3) is 3.77. The Morgan fingerprint density at radius 2 is 2.15 bits per heavy atom. The van der Waals surface area contributed by atoms with Crippen molar-refractivity contribution in [2.75, 3.05) is 26.3 Å². The largest absolute Gasteiger partial charge is 0.486 e. The molecule has 0 bridgehead atoms. The van der Waals surface area contributed by atoms with Crippen molar-refractivity contribution in [2.45, 2.75) is 19.9 Å². The van der Waals surface area contributed by atoms with Crippen LogP contribution in [0.3, 0.4) is 0 Å². The molecule has 1 aliphatic heterocycles. The lowest BCUT2D eigenvalue weighted by Gasteiger charge is -2.23. The number of aliphatic carboxylic acids is 1. The molecular formula is C14H18ClNO4. The lowest BCUT2D eigenvalue weighted by Crippen LogP contribution is -2.30. The number of halogens is 1. The third-order valence-corrected chi connectivity index (χ3v) is 3.24. The van der Waals surface area contributed by atoms with Gasteiger partial charge in [-0.05, 0) is 30.7 Å². The first-order valence-electron chi connectivity index (χ1n) is 6.62. The molecule has 1 heterocycles. The van der Waals surface area contributed by atoms with Crippen LogP contribution in [0.25, 0.3) is 0 Å². The molecular weight excluding hydrogens is 282 g/mol. The second-order valence-electron chi connectivity index (χ2n) is 4.71. The van der Waals surface area contributed by atoms with Crippen molar-refractivity contribution in [3.05, 3.63) is 22.7 Å². The highest BCUT2D eigenvalue weighted by atomic mass is 35.5. The summed E-state index contributed by atoms with van der Waals surface area (Å²) in [4.78, 5) is 12.7. The molecule has 0 atom stereocenters. The number of carboxylic acids is 1. The first kappa shape index (κ1) is 14.9. The summed E-state index contributed by atoms with van der Waals surface area (Å²) >= 11 is 6.17. The number of carboxylic acid groups (broad SMARTS) is 1. The molecule has 2 rings (SSSR count). The molecule has 0 aromatic heterocycles. The summed E-state index contributed by atoms with van der Waals surface area (Å²) in [5.74, 6) is 0.370. The van der Waals surface area contributed by atoms with Crippen molar-refractivity contribution in [3.63, 3.8) is 0 Å². The Balaban J connectivity index is 2.15. The summed E-state index contributed by atoms with van der Waals surface area (Å²) in [7, 11) is 0. The predicted octanol–water partition coefficient (Wildman–Crippen LogP) is 2.41. The normalized spacial score (nSPS) is 13.6. The van der Waals surface area contributed by atoms with Crippen molar-refractivity contribution in [2.24, 2.45) is 0 Å². The predicted molar refractivity (Wildman–Crippen MR) is 75.6 cm³/mol. The molecule has 5 nitrogen and oxygen atoms in total. The number of fused-ring (bicyclic) bond motifs is 1. The fraction of sp³-hybridized carbons (Fsp3) is 0.500. The van der Waals surface area contributed by atoms with Crippen LogP contribution in [0.4, 0.5) is 0 Å². The number of carbonyl (C=O) groups is 1. The molecule has 1 N–H and O–H groups in total. The maximum atomic E-state index is 10.9. The van der Waals surface area contributed by atoms with Crippen LogP contribution in [0.15, 0.2) is 12.1 Å². The van der Waals surface area contributed by atoms with Crippen LogP contribution < -0.4 is 9.47 Å². The Morgan fingerprint density at radius 1 is 1.40 bits per heavy atom. The zero-order valence-corrected chi connectivity index (χ0v) is 12.2. The minimum absolute atomic E-state index is 0.0138. The highest BCUT2D eigenvalue weighted by Gasteiger charge is 2.18. The van der Waals surface area contributed by atoms with Crippen LogP contribution in [0.2, 0.25) is 5.02 Å². The van der Waals surface area contributed by atoms with Gasteiger partial charge in [-0.15, -0.1) is 0 Å². The van der Waals surface area contributed by atoms with Crippen molar-refractivity contribution < 1.29 is 19.4 Å². The summed E-state index contributed by atoms with van der Waals surface area (Å²) in [5.41, 5.74) is 0.925. The Labute approximate surface area is 123 Å². The highest BCUT2D eigenvalue weighted by molar-refractivity contribution is 6.32. The van der Waals surface area contributed by atoms with Crippen molar-refractivity contribution in [1.82, 2.24) is 4.90 Å².